The van der Waals surface area contributed by atoms with Crippen LogP contribution in [0.3, 0.4) is 0 Å². The topological polar surface area (TPSA) is 37.3 Å². The standard InChI is InChI=1S/C12H10.C2H4O2.Sn.2H/c1-3-7-11(8-4-1)12-9-5-2-6-10-12;1-2(3)4;;;/h1-10H;1H3,(H,3,4);;;. The smallest absolute Gasteiger partial charge is 0.0184 e. The molecule has 1 N–H and O–H groups in total. The molecule has 2 aromatic carbocycles. The predicted molar refractivity (Wildman–Crippen MR) is 73.7 cm³/mol. The Bertz CT molecular complexity index is 385. The molecule has 0 aliphatic carbocycles. The summed E-state index contributed by atoms with van der Waals surface area (Å²) in [6.07, 6.45) is 0. The maximum atomic E-state index is 9.00. The quantitative estimate of drug-likeness (QED) is 0.814. The van der Waals surface area contributed by atoms with E-state index in [1.807, 2.05) is 12.1 Å². The fraction of sp³-hybridized carbons (Fsp3) is 0.0714. The van der Waals surface area contributed by atoms with E-state index in [0.717, 1.165) is 6.92 Å². The van der Waals surface area contributed by atoms with Crippen molar-refractivity contribution in [2.24, 2.45) is 0 Å². The monoisotopic (exact) mass is 336 g/mol. The van der Waals surface area contributed by atoms with Crippen molar-refractivity contribution in [3.05, 3.63) is 60.7 Å². The van der Waals surface area contributed by atoms with Gasteiger partial charge in [-0.15, -0.1) is 0 Å². The molecule has 88 valence electrons. The van der Waals surface area contributed by atoms with Gasteiger partial charge in [-0.3, -0.25) is 4.79 Å². The Balaban J connectivity index is 0.000000453. The van der Waals surface area contributed by atoms with E-state index in [1.54, 1.807) is 0 Å². The van der Waals surface area contributed by atoms with Crippen LogP contribution in [0.2, 0.25) is 0 Å². The summed E-state index contributed by atoms with van der Waals surface area (Å²) >= 11 is 0. The van der Waals surface area contributed by atoms with Gasteiger partial charge in [0.15, 0.2) is 0 Å². The Hall–Kier alpha value is -1.29. The third kappa shape index (κ3) is 6.79. The van der Waals surface area contributed by atoms with Crippen molar-refractivity contribution in [2.45, 2.75) is 6.92 Å². The van der Waals surface area contributed by atoms with Crippen molar-refractivity contribution >= 4 is 29.9 Å². The number of carbonyl (C=O) groups is 1. The molecule has 3 heteroatoms. The zero-order valence-corrected chi connectivity index (χ0v) is 13.9. The average molecular weight is 335 g/mol. The van der Waals surface area contributed by atoms with E-state index in [2.05, 4.69) is 48.5 Å². The van der Waals surface area contributed by atoms with E-state index in [0.29, 0.717) is 0 Å². The summed E-state index contributed by atoms with van der Waals surface area (Å²) in [5.41, 5.74) is 2.55. The molecule has 2 radical (unpaired) electrons. The van der Waals surface area contributed by atoms with Crippen LogP contribution in [0.25, 0.3) is 11.1 Å². The molecular formula is C14H16O2Sn. The maximum Gasteiger partial charge on any atom is -0.0184 e. The summed E-state index contributed by atoms with van der Waals surface area (Å²) < 4.78 is 0. The van der Waals surface area contributed by atoms with Crippen molar-refractivity contribution in [3.8, 4) is 11.1 Å². The van der Waals surface area contributed by atoms with Crippen LogP contribution in [0, 0.1) is 0 Å². The molecule has 0 saturated heterocycles. The molecule has 0 unspecified atom stereocenters. The van der Waals surface area contributed by atoms with Crippen LogP contribution >= 0.6 is 0 Å². The van der Waals surface area contributed by atoms with Gasteiger partial charge in [0.2, 0.25) is 0 Å². The minimum Gasteiger partial charge on any atom is -0.0622 e. The Morgan fingerprint density at radius 2 is 1.06 bits per heavy atom. The molecule has 0 aromatic heterocycles. The third-order valence-corrected chi connectivity index (χ3v) is 1.88. The van der Waals surface area contributed by atoms with Gasteiger partial charge in [0.05, 0.1) is 0 Å². The van der Waals surface area contributed by atoms with Gasteiger partial charge in [0.1, 0.15) is 0 Å². The molecule has 0 aliphatic rings. The number of hydrogen-bond acceptors (Lipinski definition) is 1. The van der Waals surface area contributed by atoms with Crippen molar-refractivity contribution in [2.75, 3.05) is 0 Å². The van der Waals surface area contributed by atoms with Crippen LogP contribution in [0.5, 0.6) is 0 Å². The SMILES string of the molecule is CC(=O)O.[SnH2].c1ccc(-c2ccccc2)cc1. The first kappa shape index (κ1) is 15.7. The van der Waals surface area contributed by atoms with Gasteiger partial charge in [0, 0.05) is 6.92 Å². The Labute approximate surface area is 118 Å². The first-order valence-corrected chi connectivity index (χ1v) is 5.00. The van der Waals surface area contributed by atoms with Crippen LogP contribution in [-0.4, -0.2) is 35.0 Å². The molecule has 0 aliphatic heterocycles. The fourth-order valence-corrected chi connectivity index (χ4v) is 1.26. The normalized spacial score (nSPS) is 8.29. The predicted octanol–water partition coefficient (Wildman–Crippen LogP) is 2.53. The van der Waals surface area contributed by atoms with E-state index in [9.17, 15) is 0 Å². The first-order valence-electron chi connectivity index (χ1n) is 5.00. The number of benzene rings is 2. The van der Waals surface area contributed by atoms with E-state index >= 15 is 0 Å². The molecule has 17 heavy (non-hydrogen) atoms. The summed E-state index contributed by atoms with van der Waals surface area (Å²) in [5, 5.41) is 7.42. The van der Waals surface area contributed by atoms with Gasteiger partial charge >= 0.3 is 23.9 Å². The van der Waals surface area contributed by atoms with Gasteiger partial charge in [-0.25, -0.2) is 0 Å². The fourth-order valence-electron chi connectivity index (χ4n) is 1.26. The Morgan fingerprint density at radius 3 is 1.29 bits per heavy atom. The molecule has 0 fully saturated rings. The zero-order chi connectivity index (χ0) is 11.8. The third-order valence-electron chi connectivity index (χ3n) is 1.88. The van der Waals surface area contributed by atoms with Gasteiger partial charge in [0.25, 0.3) is 5.97 Å². The minimum atomic E-state index is -0.833. The second-order valence-corrected chi connectivity index (χ2v) is 3.25. The van der Waals surface area contributed by atoms with E-state index < -0.39 is 5.97 Å². The summed E-state index contributed by atoms with van der Waals surface area (Å²) in [5.74, 6) is -0.833. The molecule has 0 bridgehead atoms. The number of aliphatic carboxylic acids is 1. The largest absolute Gasteiger partial charge is 0.0622 e. The second-order valence-electron chi connectivity index (χ2n) is 3.25. The number of hydrogen-bond donors (Lipinski definition) is 1. The molecule has 0 spiro atoms. The second kappa shape index (κ2) is 8.81. The molecule has 2 aromatic rings. The minimum absolute atomic E-state index is 0. The summed E-state index contributed by atoms with van der Waals surface area (Å²) in [6, 6.07) is 20.8. The van der Waals surface area contributed by atoms with Crippen LogP contribution in [-0.2, 0) is 4.79 Å². The Kier molecular flexibility index (Phi) is 8.14. The van der Waals surface area contributed by atoms with Crippen LogP contribution in [0.4, 0.5) is 0 Å². The molecule has 0 atom stereocenters. The maximum absolute atomic E-state index is 9.00. The van der Waals surface area contributed by atoms with Crippen LogP contribution in [0.1, 0.15) is 6.92 Å². The number of carboxylic acids is 1. The summed E-state index contributed by atoms with van der Waals surface area (Å²) in [6.45, 7) is 1.08. The van der Waals surface area contributed by atoms with Crippen LogP contribution < -0.4 is 0 Å². The summed E-state index contributed by atoms with van der Waals surface area (Å²) in [7, 11) is 0. The van der Waals surface area contributed by atoms with Gasteiger partial charge in [-0.1, -0.05) is 60.7 Å². The van der Waals surface area contributed by atoms with Crippen LogP contribution in [0.15, 0.2) is 60.7 Å². The molecule has 0 amide bonds. The number of carboxylic acid groups (broad SMARTS) is 1. The van der Waals surface area contributed by atoms with E-state index in [4.69, 9.17) is 9.90 Å². The summed E-state index contributed by atoms with van der Waals surface area (Å²) in [4.78, 5) is 9.00. The van der Waals surface area contributed by atoms with Crippen molar-refractivity contribution in [1.29, 1.82) is 0 Å². The number of rotatable bonds is 1. The van der Waals surface area contributed by atoms with Gasteiger partial charge in [-0.2, -0.15) is 0 Å². The first-order chi connectivity index (χ1) is 7.70. The molecule has 2 nitrogen and oxygen atoms in total. The van der Waals surface area contributed by atoms with Crippen molar-refractivity contribution in [1.82, 2.24) is 0 Å². The average Bonchev–Trinajstić information content (AvgIpc) is 2.31. The molecule has 0 saturated carbocycles. The molecule has 2 rings (SSSR count). The van der Waals surface area contributed by atoms with E-state index in [1.165, 1.54) is 11.1 Å². The molecule has 0 heterocycles. The molecular weight excluding hydrogens is 319 g/mol. The van der Waals surface area contributed by atoms with Gasteiger partial charge < -0.3 is 5.11 Å². The van der Waals surface area contributed by atoms with E-state index in [-0.39, 0.29) is 23.9 Å². The van der Waals surface area contributed by atoms with Crippen molar-refractivity contribution < 1.29 is 9.90 Å². The van der Waals surface area contributed by atoms with Crippen molar-refractivity contribution in [3.63, 3.8) is 0 Å². The Morgan fingerprint density at radius 1 is 0.824 bits per heavy atom. The van der Waals surface area contributed by atoms with Gasteiger partial charge in [-0.05, 0) is 11.1 Å². The zero-order valence-electron chi connectivity index (χ0n) is 9.84.